The summed E-state index contributed by atoms with van der Waals surface area (Å²) in [5.74, 6) is 1.08. The van der Waals surface area contributed by atoms with Gasteiger partial charge in [-0.05, 0) is 61.7 Å². The van der Waals surface area contributed by atoms with Crippen molar-refractivity contribution in [2.45, 2.75) is 20.8 Å². The van der Waals surface area contributed by atoms with E-state index in [0.717, 1.165) is 15.8 Å². The smallest absolute Gasteiger partial charge is 0.249 e. The van der Waals surface area contributed by atoms with Gasteiger partial charge in [-0.2, -0.15) is 10.1 Å². The molecule has 0 radical (unpaired) electrons. The second kappa shape index (κ2) is 6.97. The minimum Gasteiger partial charge on any atom is -0.339 e. The van der Waals surface area contributed by atoms with Crippen LogP contribution in [0.4, 0.5) is 23.1 Å². The summed E-state index contributed by atoms with van der Waals surface area (Å²) in [5, 5.41) is 14.5. The molecule has 0 atom stereocenters. The molecule has 0 aliphatic carbocycles. The number of hydrogen-bond acceptors (Lipinski definition) is 5. The predicted molar refractivity (Wildman–Crippen MR) is 101 cm³/mol. The largest absolute Gasteiger partial charge is 0.339 e. The predicted octanol–water partition coefficient (Wildman–Crippen LogP) is 5.05. The molecule has 0 unspecified atom stereocenters. The van der Waals surface area contributed by atoms with Gasteiger partial charge in [0, 0.05) is 15.8 Å². The van der Waals surface area contributed by atoms with Crippen molar-refractivity contribution in [1.29, 1.82) is 0 Å². The Morgan fingerprint density at radius 1 is 0.833 bits per heavy atom. The first-order valence-electron chi connectivity index (χ1n) is 7.58. The zero-order valence-corrected chi connectivity index (χ0v) is 15.3. The number of hydrogen-bond donors (Lipinski definition) is 2. The van der Waals surface area contributed by atoms with Gasteiger partial charge in [0.15, 0.2) is 5.82 Å². The van der Waals surface area contributed by atoms with Crippen molar-refractivity contribution in [3.63, 3.8) is 0 Å². The Morgan fingerprint density at radius 3 is 2.25 bits per heavy atom. The molecule has 3 rings (SSSR count). The lowest BCUT2D eigenvalue weighted by Crippen LogP contribution is -2.02. The van der Waals surface area contributed by atoms with Gasteiger partial charge >= 0.3 is 0 Å². The van der Waals surface area contributed by atoms with Gasteiger partial charge in [0.05, 0.1) is 6.20 Å². The number of halogens is 1. The quantitative estimate of drug-likeness (QED) is 0.659. The van der Waals surface area contributed by atoms with Crippen LogP contribution in [-0.4, -0.2) is 15.2 Å². The van der Waals surface area contributed by atoms with E-state index in [-0.39, 0.29) is 0 Å². The van der Waals surface area contributed by atoms with E-state index in [2.05, 4.69) is 67.7 Å². The number of rotatable bonds is 4. The van der Waals surface area contributed by atoms with Crippen LogP contribution in [0.15, 0.2) is 47.1 Å². The average molecular weight is 384 g/mol. The molecule has 0 aliphatic heterocycles. The van der Waals surface area contributed by atoms with Gasteiger partial charge in [-0.1, -0.05) is 28.1 Å². The lowest BCUT2D eigenvalue weighted by molar-refractivity contribution is 0.982. The summed E-state index contributed by atoms with van der Waals surface area (Å²) in [7, 11) is 0. The zero-order valence-electron chi connectivity index (χ0n) is 13.8. The molecule has 0 saturated heterocycles. The van der Waals surface area contributed by atoms with Crippen LogP contribution in [0.3, 0.4) is 0 Å². The summed E-state index contributed by atoms with van der Waals surface area (Å²) >= 11 is 3.52. The Labute approximate surface area is 149 Å². The van der Waals surface area contributed by atoms with Crippen molar-refractivity contribution in [1.82, 2.24) is 15.2 Å². The van der Waals surface area contributed by atoms with Gasteiger partial charge < -0.3 is 10.6 Å². The molecule has 0 amide bonds. The molecule has 1 aromatic heterocycles. The van der Waals surface area contributed by atoms with E-state index in [1.165, 1.54) is 16.7 Å². The molecule has 6 heteroatoms. The van der Waals surface area contributed by atoms with E-state index in [0.29, 0.717) is 11.8 Å². The Balaban J connectivity index is 1.78. The third-order valence-corrected chi connectivity index (χ3v) is 4.62. The number of anilines is 4. The van der Waals surface area contributed by atoms with Gasteiger partial charge in [-0.25, -0.2) is 0 Å². The molecule has 0 spiro atoms. The van der Waals surface area contributed by atoms with E-state index in [9.17, 15) is 0 Å². The molecule has 24 heavy (non-hydrogen) atoms. The lowest BCUT2D eigenvalue weighted by Gasteiger charge is -2.10. The van der Waals surface area contributed by atoms with E-state index in [1.807, 2.05) is 31.2 Å². The highest BCUT2D eigenvalue weighted by molar-refractivity contribution is 9.10. The van der Waals surface area contributed by atoms with Gasteiger partial charge in [0.2, 0.25) is 5.95 Å². The Kier molecular flexibility index (Phi) is 4.76. The third-order valence-electron chi connectivity index (χ3n) is 3.77. The van der Waals surface area contributed by atoms with Crippen molar-refractivity contribution in [3.8, 4) is 0 Å². The third kappa shape index (κ3) is 3.89. The van der Waals surface area contributed by atoms with E-state index in [4.69, 9.17) is 0 Å². The van der Waals surface area contributed by atoms with E-state index >= 15 is 0 Å². The van der Waals surface area contributed by atoms with Crippen LogP contribution in [0.5, 0.6) is 0 Å². The second-order valence-corrected chi connectivity index (χ2v) is 6.53. The number of nitrogens with zero attached hydrogens (tertiary/aromatic N) is 3. The molecule has 0 saturated carbocycles. The minimum atomic E-state index is 0.444. The van der Waals surface area contributed by atoms with Gasteiger partial charge in [-0.15, -0.1) is 5.10 Å². The number of benzene rings is 2. The fraction of sp³-hybridized carbons (Fsp3) is 0.167. The Bertz CT molecular complexity index is 810. The maximum Gasteiger partial charge on any atom is 0.249 e. The highest BCUT2D eigenvalue weighted by atomic mass is 79.9. The first-order valence-corrected chi connectivity index (χ1v) is 8.38. The van der Waals surface area contributed by atoms with Crippen LogP contribution < -0.4 is 10.6 Å². The fourth-order valence-corrected chi connectivity index (χ4v) is 2.56. The number of aromatic nitrogens is 3. The molecule has 122 valence electrons. The van der Waals surface area contributed by atoms with Gasteiger partial charge in [0.1, 0.15) is 0 Å². The number of aryl methyl sites for hydroxylation is 3. The molecule has 0 bridgehead atoms. The van der Waals surface area contributed by atoms with Crippen molar-refractivity contribution in [3.05, 3.63) is 63.8 Å². The van der Waals surface area contributed by atoms with Crippen LogP contribution in [0, 0.1) is 20.8 Å². The monoisotopic (exact) mass is 383 g/mol. The highest BCUT2D eigenvalue weighted by Gasteiger charge is 2.04. The lowest BCUT2D eigenvalue weighted by atomic mass is 10.1. The normalized spacial score (nSPS) is 10.5. The van der Waals surface area contributed by atoms with Crippen LogP contribution in [-0.2, 0) is 0 Å². The molecular formula is C18H18BrN5. The van der Waals surface area contributed by atoms with Crippen molar-refractivity contribution in [2.75, 3.05) is 10.6 Å². The Hall–Kier alpha value is -2.47. The minimum absolute atomic E-state index is 0.444. The van der Waals surface area contributed by atoms with Crippen molar-refractivity contribution >= 4 is 39.1 Å². The first-order chi connectivity index (χ1) is 11.5. The van der Waals surface area contributed by atoms with Gasteiger partial charge in [0.25, 0.3) is 0 Å². The molecule has 1 heterocycles. The Morgan fingerprint density at radius 2 is 1.54 bits per heavy atom. The molecular weight excluding hydrogens is 366 g/mol. The van der Waals surface area contributed by atoms with Crippen molar-refractivity contribution < 1.29 is 0 Å². The molecule has 5 nitrogen and oxygen atoms in total. The first kappa shape index (κ1) is 16.4. The zero-order chi connectivity index (χ0) is 17.1. The van der Waals surface area contributed by atoms with E-state index in [1.54, 1.807) is 6.20 Å². The van der Waals surface area contributed by atoms with E-state index < -0.39 is 0 Å². The molecule has 2 N–H and O–H groups in total. The molecule has 0 fully saturated rings. The average Bonchev–Trinajstić information content (AvgIpc) is 2.55. The summed E-state index contributed by atoms with van der Waals surface area (Å²) in [6.45, 7) is 6.22. The molecule has 0 aliphatic rings. The maximum atomic E-state index is 4.46. The molecule has 3 aromatic rings. The standard InChI is InChI=1S/C18H18BrN5/c1-11-4-6-14(8-13(11)3)21-17-10-20-24-18(23-17)22-15-7-5-12(2)16(19)9-15/h4-10H,1-3H3,(H2,21,22,23,24). The van der Waals surface area contributed by atoms with Gasteiger partial charge in [-0.3, -0.25) is 0 Å². The van der Waals surface area contributed by atoms with Crippen LogP contribution in [0.25, 0.3) is 0 Å². The topological polar surface area (TPSA) is 62.7 Å². The fourth-order valence-electron chi connectivity index (χ4n) is 2.18. The summed E-state index contributed by atoms with van der Waals surface area (Å²) in [5.41, 5.74) is 5.53. The number of nitrogens with one attached hydrogen (secondary N) is 2. The van der Waals surface area contributed by atoms with Crippen LogP contribution >= 0.6 is 15.9 Å². The van der Waals surface area contributed by atoms with Crippen molar-refractivity contribution in [2.24, 2.45) is 0 Å². The summed E-state index contributed by atoms with van der Waals surface area (Å²) in [4.78, 5) is 4.46. The second-order valence-electron chi connectivity index (χ2n) is 5.68. The summed E-state index contributed by atoms with van der Waals surface area (Å²) < 4.78 is 1.03. The molecule has 2 aromatic carbocycles. The summed E-state index contributed by atoms with van der Waals surface area (Å²) in [6, 6.07) is 12.2. The van der Waals surface area contributed by atoms with Crippen LogP contribution in [0.2, 0.25) is 0 Å². The summed E-state index contributed by atoms with van der Waals surface area (Å²) in [6.07, 6.45) is 1.60. The highest BCUT2D eigenvalue weighted by Crippen LogP contribution is 2.23. The van der Waals surface area contributed by atoms with Crippen LogP contribution in [0.1, 0.15) is 16.7 Å². The maximum absolute atomic E-state index is 4.46. The SMILES string of the molecule is Cc1ccc(Nc2cnnc(Nc3ccc(C)c(Br)c3)n2)cc1C.